The molecule has 1 amide bonds. The molecule has 1 fully saturated rings. The van der Waals surface area contributed by atoms with Crippen LogP contribution in [0.15, 0.2) is 36.7 Å². The second kappa shape index (κ2) is 8.11. The van der Waals surface area contributed by atoms with E-state index in [2.05, 4.69) is 15.3 Å². The van der Waals surface area contributed by atoms with Crippen LogP contribution in [-0.4, -0.2) is 49.5 Å². The lowest BCUT2D eigenvalue weighted by Crippen LogP contribution is -2.26. The molecule has 1 aliphatic rings. The van der Waals surface area contributed by atoms with Crippen LogP contribution in [0.25, 0.3) is 10.9 Å². The Morgan fingerprint density at radius 2 is 2.13 bits per heavy atom. The number of nitrogens with zero attached hydrogens (tertiary/aromatic N) is 3. The Hall–Kier alpha value is -3.46. The number of hydrogen-bond acceptors (Lipinski definition) is 7. The summed E-state index contributed by atoms with van der Waals surface area (Å²) in [5.41, 5.74) is 1.91. The molecule has 2 aromatic carbocycles. The quantitative estimate of drug-likeness (QED) is 0.659. The molecule has 1 unspecified atom stereocenters. The highest BCUT2D eigenvalue weighted by atomic mass is 19.1. The SMILES string of the molecule is COCC1CN(c2cc3c(Nc4cccc(C)c4F)ncnc3cc2OC)C(=O)O1. The predicted molar refractivity (Wildman–Crippen MR) is 110 cm³/mol. The summed E-state index contributed by atoms with van der Waals surface area (Å²) >= 11 is 0. The van der Waals surface area contributed by atoms with E-state index in [4.69, 9.17) is 14.2 Å². The largest absolute Gasteiger partial charge is 0.494 e. The minimum absolute atomic E-state index is 0.292. The average Bonchev–Trinajstić information content (AvgIpc) is 3.11. The van der Waals surface area contributed by atoms with Crippen molar-refractivity contribution in [3.05, 3.63) is 48.0 Å². The number of benzene rings is 2. The number of aryl methyl sites for hydroxylation is 1. The van der Waals surface area contributed by atoms with E-state index in [-0.39, 0.29) is 11.9 Å². The van der Waals surface area contributed by atoms with Gasteiger partial charge < -0.3 is 19.5 Å². The van der Waals surface area contributed by atoms with E-state index in [1.165, 1.54) is 18.3 Å². The number of carbonyl (C=O) groups is 1. The monoisotopic (exact) mass is 412 g/mol. The van der Waals surface area contributed by atoms with Gasteiger partial charge in [-0.3, -0.25) is 4.90 Å². The molecule has 0 saturated carbocycles. The summed E-state index contributed by atoms with van der Waals surface area (Å²) in [4.78, 5) is 22.5. The molecule has 1 atom stereocenters. The third-order valence-electron chi connectivity index (χ3n) is 4.90. The van der Waals surface area contributed by atoms with Gasteiger partial charge in [-0.1, -0.05) is 12.1 Å². The molecule has 1 N–H and O–H groups in total. The summed E-state index contributed by atoms with van der Waals surface area (Å²) < 4.78 is 30.4. The smallest absolute Gasteiger partial charge is 0.414 e. The first-order chi connectivity index (χ1) is 14.5. The Kier molecular flexibility index (Phi) is 5.37. The predicted octanol–water partition coefficient (Wildman–Crippen LogP) is 3.80. The zero-order chi connectivity index (χ0) is 21.3. The van der Waals surface area contributed by atoms with Crippen LogP contribution in [0.1, 0.15) is 5.56 Å². The Morgan fingerprint density at radius 3 is 2.90 bits per heavy atom. The number of amides is 1. The molecule has 8 nitrogen and oxygen atoms in total. The van der Waals surface area contributed by atoms with E-state index in [9.17, 15) is 9.18 Å². The van der Waals surface area contributed by atoms with Crippen molar-refractivity contribution >= 4 is 34.2 Å². The molecule has 30 heavy (non-hydrogen) atoms. The van der Waals surface area contributed by atoms with Crippen LogP contribution >= 0.6 is 0 Å². The van der Waals surface area contributed by atoms with Gasteiger partial charge in [0.1, 0.15) is 29.8 Å². The lowest BCUT2D eigenvalue weighted by molar-refractivity contribution is 0.0718. The first kappa shape index (κ1) is 19.8. The minimum Gasteiger partial charge on any atom is -0.494 e. The number of carbonyl (C=O) groups excluding carboxylic acids is 1. The maximum atomic E-state index is 14.5. The highest BCUT2D eigenvalue weighted by molar-refractivity contribution is 5.99. The molecule has 4 rings (SSSR count). The van der Waals surface area contributed by atoms with E-state index in [0.29, 0.717) is 52.6 Å². The van der Waals surface area contributed by atoms with Gasteiger partial charge in [-0.2, -0.15) is 0 Å². The Bertz CT molecular complexity index is 1110. The fraction of sp³-hybridized carbons (Fsp3) is 0.286. The zero-order valence-electron chi connectivity index (χ0n) is 16.8. The molecule has 156 valence electrons. The molecule has 1 saturated heterocycles. The molecule has 0 radical (unpaired) electrons. The van der Waals surface area contributed by atoms with Gasteiger partial charge in [-0.15, -0.1) is 0 Å². The normalized spacial score (nSPS) is 16.1. The van der Waals surface area contributed by atoms with Crippen LogP contribution < -0.4 is 15.0 Å². The van der Waals surface area contributed by atoms with Gasteiger partial charge in [0.05, 0.1) is 37.2 Å². The van der Waals surface area contributed by atoms with Crippen molar-refractivity contribution in [2.45, 2.75) is 13.0 Å². The number of rotatable bonds is 6. The van der Waals surface area contributed by atoms with Crippen LogP contribution in [0.2, 0.25) is 0 Å². The maximum Gasteiger partial charge on any atom is 0.414 e. The van der Waals surface area contributed by atoms with Gasteiger partial charge in [0, 0.05) is 18.6 Å². The van der Waals surface area contributed by atoms with Crippen LogP contribution in [-0.2, 0) is 9.47 Å². The summed E-state index contributed by atoms with van der Waals surface area (Å²) in [7, 11) is 3.06. The fourth-order valence-corrected chi connectivity index (χ4v) is 3.41. The van der Waals surface area contributed by atoms with Crippen molar-refractivity contribution in [3.8, 4) is 5.75 Å². The molecule has 0 spiro atoms. The highest BCUT2D eigenvalue weighted by Gasteiger charge is 2.34. The summed E-state index contributed by atoms with van der Waals surface area (Å²) in [6.07, 6.45) is 0.510. The van der Waals surface area contributed by atoms with Gasteiger partial charge in [-0.25, -0.2) is 19.2 Å². The summed E-state index contributed by atoms with van der Waals surface area (Å²) in [6.45, 7) is 2.30. The number of cyclic esters (lactones) is 1. The molecule has 9 heteroatoms. The molecule has 0 bridgehead atoms. The van der Waals surface area contributed by atoms with Crippen LogP contribution in [0.4, 0.5) is 26.4 Å². The fourth-order valence-electron chi connectivity index (χ4n) is 3.41. The lowest BCUT2D eigenvalue weighted by atomic mass is 10.1. The van der Waals surface area contributed by atoms with Crippen molar-refractivity contribution in [3.63, 3.8) is 0 Å². The van der Waals surface area contributed by atoms with E-state index in [0.717, 1.165) is 0 Å². The third-order valence-corrected chi connectivity index (χ3v) is 4.90. The number of ether oxygens (including phenoxy) is 3. The Labute approximate surface area is 172 Å². The number of nitrogens with one attached hydrogen (secondary N) is 1. The standard InChI is InChI=1S/C21H21FN4O4/c1-12-5-4-6-15(19(12)22)25-20-14-7-17(18(29-3)8-16(14)23-11-24-20)26-9-13(10-28-2)30-21(26)27/h4-8,11,13H,9-10H2,1-3H3,(H,23,24,25). The summed E-state index contributed by atoms with van der Waals surface area (Å²) in [5, 5.41) is 3.64. The van der Waals surface area contributed by atoms with Gasteiger partial charge >= 0.3 is 6.09 Å². The average molecular weight is 412 g/mol. The lowest BCUT2D eigenvalue weighted by Gasteiger charge is -2.18. The second-order valence-electron chi connectivity index (χ2n) is 6.90. The maximum absolute atomic E-state index is 14.5. The first-order valence-corrected chi connectivity index (χ1v) is 9.33. The second-order valence-corrected chi connectivity index (χ2v) is 6.90. The number of methoxy groups -OCH3 is 2. The van der Waals surface area contributed by atoms with Crippen molar-refractivity contribution in [2.24, 2.45) is 0 Å². The molecular weight excluding hydrogens is 391 g/mol. The topological polar surface area (TPSA) is 85.8 Å². The minimum atomic E-state index is -0.495. The van der Waals surface area contributed by atoms with Gasteiger partial charge in [0.15, 0.2) is 0 Å². The van der Waals surface area contributed by atoms with E-state index < -0.39 is 6.09 Å². The van der Waals surface area contributed by atoms with Crippen molar-refractivity contribution in [2.75, 3.05) is 37.6 Å². The number of anilines is 3. The first-order valence-electron chi connectivity index (χ1n) is 9.33. The van der Waals surface area contributed by atoms with Gasteiger partial charge in [-0.05, 0) is 24.6 Å². The Morgan fingerprint density at radius 1 is 1.30 bits per heavy atom. The Balaban J connectivity index is 1.78. The van der Waals surface area contributed by atoms with E-state index >= 15 is 0 Å². The molecule has 1 aromatic heterocycles. The van der Waals surface area contributed by atoms with Crippen LogP contribution in [0.5, 0.6) is 5.75 Å². The van der Waals surface area contributed by atoms with Crippen molar-refractivity contribution in [1.82, 2.24) is 9.97 Å². The zero-order valence-corrected chi connectivity index (χ0v) is 16.8. The van der Waals surface area contributed by atoms with Gasteiger partial charge in [0.2, 0.25) is 0 Å². The molecule has 1 aliphatic heterocycles. The molecule has 2 heterocycles. The summed E-state index contributed by atoms with van der Waals surface area (Å²) in [6, 6.07) is 8.53. The number of hydrogen-bond donors (Lipinski definition) is 1. The highest BCUT2D eigenvalue weighted by Crippen LogP contribution is 2.37. The van der Waals surface area contributed by atoms with E-state index in [1.54, 1.807) is 44.4 Å². The molecular formula is C21H21FN4O4. The number of fused-ring (bicyclic) bond motifs is 1. The van der Waals surface area contributed by atoms with Crippen molar-refractivity contribution < 1.29 is 23.4 Å². The molecule has 3 aromatic rings. The summed E-state index contributed by atoms with van der Waals surface area (Å²) in [5.74, 6) is 0.516. The number of halogens is 1. The van der Waals surface area contributed by atoms with Crippen LogP contribution in [0.3, 0.4) is 0 Å². The van der Waals surface area contributed by atoms with Crippen LogP contribution in [0, 0.1) is 12.7 Å². The van der Waals surface area contributed by atoms with E-state index in [1.807, 2.05) is 0 Å². The molecule has 0 aliphatic carbocycles. The van der Waals surface area contributed by atoms with Crippen molar-refractivity contribution in [1.29, 1.82) is 0 Å². The third kappa shape index (κ3) is 3.59. The van der Waals surface area contributed by atoms with Gasteiger partial charge in [0.25, 0.3) is 0 Å². The number of aromatic nitrogens is 2.